The molecule has 1 fully saturated rings. The summed E-state index contributed by atoms with van der Waals surface area (Å²) in [7, 11) is 0. The summed E-state index contributed by atoms with van der Waals surface area (Å²) in [6, 6.07) is 11.6. The van der Waals surface area contributed by atoms with E-state index < -0.39 is 0 Å². The summed E-state index contributed by atoms with van der Waals surface area (Å²) in [6.07, 6.45) is 4.90. The summed E-state index contributed by atoms with van der Waals surface area (Å²) >= 11 is 0. The van der Waals surface area contributed by atoms with E-state index in [9.17, 15) is 4.79 Å². The minimum atomic E-state index is -0.0828. The largest absolute Gasteiger partial charge is 0.472 e. The minimum Gasteiger partial charge on any atom is -0.472 e. The Morgan fingerprint density at radius 2 is 1.90 bits per heavy atom. The van der Waals surface area contributed by atoms with Crippen LogP contribution in [0.3, 0.4) is 0 Å². The molecule has 7 heteroatoms. The SMILES string of the molecule is Cc1ccc(-n2nccn2)c(C(=O)N2C[C@@H](Oc3cccc(C)n3)CC[C@@H]2C)c1. The molecular formula is C22H25N5O2. The van der Waals surface area contributed by atoms with Gasteiger partial charge in [-0.2, -0.15) is 15.0 Å². The second kappa shape index (κ2) is 8.03. The Morgan fingerprint density at radius 3 is 2.66 bits per heavy atom. The summed E-state index contributed by atoms with van der Waals surface area (Å²) < 4.78 is 6.09. The zero-order valence-electron chi connectivity index (χ0n) is 16.9. The van der Waals surface area contributed by atoms with Gasteiger partial charge in [0, 0.05) is 17.8 Å². The molecule has 1 amide bonds. The molecule has 4 rings (SSSR count). The number of aromatic nitrogens is 4. The molecule has 0 spiro atoms. The summed E-state index contributed by atoms with van der Waals surface area (Å²) in [5.41, 5.74) is 3.21. The van der Waals surface area contributed by atoms with Crippen LogP contribution in [0, 0.1) is 13.8 Å². The number of benzene rings is 1. The van der Waals surface area contributed by atoms with Crippen molar-refractivity contribution in [1.82, 2.24) is 24.9 Å². The topological polar surface area (TPSA) is 73.1 Å². The van der Waals surface area contributed by atoms with E-state index in [1.54, 1.807) is 12.4 Å². The van der Waals surface area contributed by atoms with E-state index in [1.807, 2.05) is 55.1 Å². The molecule has 7 nitrogen and oxygen atoms in total. The number of hydrogen-bond donors (Lipinski definition) is 0. The van der Waals surface area contributed by atoms with Crippen LogP contribution in [0.15, 0.2) is 48.8 Å². The Kier molecular flexibility index (Phi) is 5.29. The predicted octanol–water partition coefficient (Wildman–Crippen LogP) is 3.35. The van der Waals surface area contributed by atoms with Crippen molar-refractivity contribution in [2.75, 3.05) is 6.54 Å². The van der Waals surface area contributed by atoms with Crippen LogP contribution in [-0.4, -0.2) is 49.5 Å². The van der Waals surface area contributed by atoms with Crippen LogP contribution in [0.4, 0.5) is 0 Å². The normalized spacial score (nSPS) is 19.2. The van der Waals surface area contributed by atoms with Crippen LogP contribution < -0.4 is 4.74 Å². The summed E-state index contributed by atoms with van der Waals surface area (Å²) in [4.78, 5) is 21.3. The molecule has 0 radical (unpaired) electrons. The van der Waals surface area contributed by atoms with E-state index in [1.165, 1.54) is 4.80 Å². The van der Waals surface area contributed by atoms with Gasteiger partial charge in [0.1, 0.15) is 6.10 Å². The van der Waals surface area contributed by atoms with Crippen molar-refractivity contribution in [3.63, 3.8) is 0 Å². The van der Waals surface area contributed by atoms with Gasteiger partial charge < -0.3 is 9.64 Å². The molecule has 1 saturated heterocycles. The number of aryl methyl sites for hydroxylation is 2. The van der Waals surface area contributed by atoms with E-state index in [2.05, 4.69) is 22.1 Å². The number of likely N-dealkylation sites (tertiary alicyclic amines) is 1. The Balaban J connectivity index is 1.58. The first-order chi connectivity index (χ1) is 14.0. The van der Waals surface area contributed by atoms with Crippen molar-refractivity contribution in [1.29, 1.82) is 0 Å². The van der Waals surface area contributed by atoms with Crippen LogP contribution in [0.2, 0.25) is 0 Å². The highest BCUT2D eigenvalue weighted by molar-refractivity contribution is 5.98. The first-order valence-electron chi connectivity index (χ1n) is 9.90. The second-order valence-electron chi connectivity index (χ2n) is 7.58. The molecule has 0 N–H and O–H groups in total. The van der Waals surface area contributed by atoms with Crippen LogP contribution in [0.5, 0.6) is 5.88 Å². The molecule has 1 aromatic carbocycles. The van der Waals surface area contributed by atoms with E-state index in [-0.39, 0.29) is 18.1 Å². The lowest BCUT2D eigenvalue weighted by molar-refractivity contribution is 0.0372. The highest BCUT2D eigenvalue weighted by Gasteiger charge is 2.32. The smallest absolute Gasteiger partial charge is 0.256 e. The number of rotatable bonds is 4. The summed E-state index contributed by atoms with van der Waals surface area (Å²) in [6.45, 7) is 6.52. The molecule has 0 bridgehead atoms. The number of ether oxygens (including phenoxy) is 1. The van der Waals surface area contributed by atoms with E-state index in [0.717, 1.165) is 24.1 Å². The average Bonchev–Trinajstić information content (AvgIpc) is 3.23. The molecule has 3 aromatic rings. The number of nitrogens with zero attached hydrogens (tertiary/aromatic N) is 5. The molecule has 2 atom stereocenters. The van der Waals surface area contributed by atoms with E-state index in [4.69, 9.17) is 4.74 Å². The fourth-order valence-electron chi connectivity index (χ4n) is 3.70. The highest BCUT2D eigenvalue weighted by atomic mass is 16.5. The number of hydrogen-bond acceptors (Lipinski definition) is 5. The van der Waals surface area contributed by atoms with Crippen molar-refractivity contribution in [3.8, 4) is 11.6 Å². The predicted molar refractivity (Wildman–Crippen MR) is 109 cm³/mol. The van der Waals surface area contributed by atoms with Crippen LogP contribution in [0.1, 0.15) is 41.4 Å². The molecule has 150 valence electrons. The van der Waals surface area contributed by atoms with Crippen molar-refractivity contribution < 1.29 is 9.53 Å². The third-order valence-corrected chi connectivity index (χ3v) is 5.27. The van der Waals surface area contributed by atoms with Crippen molar-refractivity contribution >= 4 is 5.91 Å². The maximum Gasteiger partial charge on any atom is 0.256 e. The van der Waals surface area contributed by atoms with Gasteiger partial charge in [0.25, 0.3) is 5.91 Å². The van der Waals surface area contributed by atoms with Crippen molar-refractivity contribution in [2.45, 2.75) is 45.8 Å². The van der Waals surface area contributed by atoms with Crippen molar-refractivity contribution in [2.24, 2.45) is 0 Å². The highest BCUT2D eigenvalue weighted by Crippen LogP contribution is 2.25. The molecule has 0 aliphatic carbocycles. The van der Waals surface area contributed by atoms with Gasteiger partial charge in [0.05, 0.1) is 30.2 Å². The minimum absolute atomic E-state index is 0.0287. The summed E-state index contributed by atoms with van der Waals surface area (Å²) in [5.74, 6) is 0.577. The van der Waals surface area contributed by atoms with Crippen molar-refractivity contribution in [3.05, 3.63) is 65.6 Å². The van der Waals surface area contributed by atoms with Crippen LogP contribution in [-0.2, 0) is 0 Å². The third kappa shape index (κ3) is 4.13. The fourth-order valence-corrected chi connectivity index (χ4v) is 3.70. The lowest BCUT2D eigenvalue weighted by Gasteiger charge is -2.38. The van der Waals surface area contributed by atoms with Gasteiger partial charge >= 0.3 is 0 Å². The molecule has 0 unspecified atom stereocenters. The van der Waals surface area contributed by atoms with E-state index in [0.29, 0.717) is 23.7 Å². The Bertz CT molecular complexity index is 1000. The fraction of sp³-hybridized carbons (Fsp3) is 0.364. The monoisotopic (exact) mass is 391 g/mol. The van der Waals surface area contributed by atoms with E-state index >= 15 is 0 Å². The summed E-state index contributed by atoms with van der Waals surface area (Å²) in [5, 5.41) is 8.41. The Hall–Kier alpha value is -3.22. The van der Waals surface area contributed by atoms with Crippen LogP contribution in [0.25, 0.3) is 5.69 Å². The zero-order chi connectivity index (χ0) is 20.4. The molecule has 0 saturated carbocycles. The van der Waals surface area contributed by atoms with Gasteiger partial charge in [-0.15, -0.1) is 0 Å². The number of carbonyl (C=O) groups is 1. The third-order valence-electron chi connectivity index (χ3n) is 5.27. The standard InChI is InChI=1S/C22H25N5O2/c1-15-7-10-20(27-23-11-12-24-27)19(13-15)22(28)26-14-18(9-8-17(26)3)29-21-6-4-5-16(2)25-21/h4-7,10-13,17-18H,8-9,14H2,1-3H3/t17-,18-/m0/s1. The van der Waals surface area contributed by atoms with Gasteiger partial charge in [-0.1, -0.05) is 17.7 Å². The van der Waals surface area contributed by atoms with Gasteiger partial charge in [-0.25, -0.2) is 4.98 Å². The van der Waals surface area contributed by atoms with Gasteiger partial charge in [-0.05, 0) is 51.8 Å². The van der Waals surface area contributed by atoms with Gasteiger partial charge in [-0.3, -0.25) is 4.79 Å². The van der Waals surface area contributed by atoms with Gasteiger partial charge in [0.15, 0.2) is 0 Å². The second-order valence-corrected chi connectivity index (χ2v) is 7.58. The zero-order valence-corrected chi connectivity index (χ0v) is 16.9. The Morgan fingerprint density at radius 1 is 1.10 bits per heavy atom. The molecule has 2 aromatic heterocycles. The first kappa shape index (κ1) is 19.1. The lowest BCUT2D eigenvalue weighted by Crippen LogP contribution is -2.49. The maximum absolute atomic E-state index is 13.5. The first-order valence-corrected chi connectivity index (χ1v) is 9.90. The lowest BCUT2D eigenvalue weighted by atomic mass is 9.99. The maximum atomic E-state index is 13.5. The molecule has 1 aliphatic heterocycles. The number of pyridine rings is 1. The number of piperidine rings is 1. The molecule has 29 heavy (non-hydrogen) atoms. The molecule has 3 heterocycles. The number of carbonyl (C=O) groups excluding carboxylic acids is 1. The van der Waals surface area contributed by atoms with Gasteiger partial charge in [0.2, 0.25) is 5.88 Å². The molecular weight excluding hydrogens is 366 g/mol. The molecule has 1 aliphatic rings. The number of amides is 1. The Labute approximate surface area is 170 Å². The quantitative estimate of drug-likeness (QED) is 0.682. The average molecular weight is 391 g/mol. The van der Waals surface area contributed by atoms with Crippen LogP contribution >= 0.6 is 0 Å².